The molecule has 0 radical (unpaired) electrons. The Balaban J connectivity index is 1.74. The van der Waals surface area contributed by atoms with Gasteiger partial charge in [-0.25, -0.2) is 9.18 Å². The minimum Gasteiger partial charge on any atom is -0.449 e. The van der Waals surface area contributed by atoms with E-state index in [-0.39, 0.29) is 11.7 Å². The quantitative estimate of drug-likeness (QED) is 0.620. The van der Waals surface area contributed by atoms with E-state index in [0.717, 1.165) is 5.56 Å². The molecule has 0 aliphatic heterocycles. The molecule has 0 aliphatic rings. The van der Waals surface area contributed by atoms with E-state index < -0.39 is 12.1 Å². The van der Waals surface area contributed by atoms with Crippen LogP contribution in [0.25, 0.3) is 6.08 Å². The second kappa shape index (κ2) is 9.32. The van der Waals surface area contributed by atoms with Crippen molar-refractivity contribution in [2.45, 2.75) is 19.4 Å². The molecule has 0 fully saturated rings. The van der Waals surface area contributed by atoms with E-state index in [1.54, 1.807) is 12.4 Å². The van der Waals surface area contributed by atoms with E-state index in [1.165, 1.54) is 43.3 Å². The lowest BCUT2D eigenvalue weighted by atomic mass is 10.2. The highest BCUT2D eigenvalue weighted by Gasteiger charge is 2.15. The van der Waals surface area contributed by atoms with Gasteiger partial charge in [-0.2, -0.15) is 0 Å². The zero-order valence-corrected chi connectivity index (χ0v) is 13.8. The lowest BCUT2D eigenvalue weighted by Gasteiger charge is -2.12. The second-order valence-electron chi connectivity index (χ2n) is 5.36. The first kappa shape index (κ1) is 18.3. The standard InChI is InChI=1S/C19H19FN2O3/c1-14(19(24)22-13-10-16-8-11-21-12-9-16)25-18(23)7-4-15-2-5-17(20)6-3-15/h2-9,11-12,14H,10,13H2,1H3,(H,22,24). The van der Waals surface area contributed by atoms with Crippen LogP contribution in [0.2, 0.25) is 0 Å². The van der Waals surface area contributed by atoms with Crippen molar-refractivity contribution in [2.24, 2.45) is 0 Å². The van der Waals surface area contributed by atoms with Crippen LogP contribution in [0.4, 0.5) is 4.39 Å². The maximum Gasteiger partial charge on any atom is 0.331 e. The molecule has 5 nitrogen and oxygen atoms in total. The lowest BCUT2D eigenvalue weighted by Crippen LogP contribution is -2.36. The average molecular weight is 342 g/mol. The normalized spacial score (nSPS) is 11.9. The Morgan fingerprint density at radius 1 is 1.20 bits per heavy atom. The number of halogens is 1. The van der Waals surface area contributed by atoms with Crippen LogP contribution in [0.15, 0.2) is 54.9 Å². The molecule has 2 aromatic rings. The summed E-state index contributed by atoms with van der Waals surface area (Å²) in [5.74, 6) is -1.35. The predicted molar refractivity (Wildman–Crippen MR) is 91.9 cm³/mol. The molecule has 130 valence electrons. The summed E-state index contributed by atoms with van der Waals surface area (Å²) in [6.45, 7) is 1.95. The summed E-state index contributed by atoms with van der Waals surface area (Å²) in [5.41, 5.74) is 1.72. The van der Waals surface area contributed by atoms with Crippen LogP contribution in [0, 0.1) is 5.82 Å². The van der Waals surface area contributed by atoms with Gasteiger partial charge in [-0.15, -0.1) is 0 Å². The van der Waals surface area contributed by atoms with Gasteiger partial charge in [0, 0.05) is 25.0 Å². The molecule has 1 amide bonds. The van der Waals surface area contributed by atoms with E-state index in [2.05, 4.69) is 10.3 Å². The summed E-state index contributed by atoms with van der Waals surface area (Å²) in [5, 5.41) is 2.71. The number of pyridine rings is 1. The van der Waals surface area contributed by atoms with Crippen molar-refractivity contribution in [3.63, 3.8) is 0 Å². The van der Waals surface area contributed by atoms with E-state index in [4.69, 9.17) is 4.74 Å². The van der Waals surface area contributed by atoms with Gasteiger partial charge in [-0.1, -0.05) is 12.1 Å². The first-order valence-corrected chi connectivity index (χ1v) is 7.85. The molecule has 0 bridgehead atoms. The van der Waals surface area contributed by atoms with Crippen molar-refractivity contribution in [2.75, 3.05) is 6.54 Å². The third-order valence-electron chi connectivity index (χ3n) is 3.41. The minimum absolute atomic E-state index is 0.350. The minimum atomic E-state index is -0.900. The van der Waals surface area contributed by atoms with Gasteiger partial charge in [0.2, 0.25) is 0 Å². The van der Waals surface area contributed by atoms with E-state index in [1.807, 2.05) is 12.1 Å². The summed E-state index contributed by atoms with van der Waals surface area (Å²) in [7, 11) is 0. The number of carbonyl (C=O) groups excluding carboxylic acids is 2. The number of aromatic nitrogens is 1. The molecule has 2 rings (SSSR count). The Morgan fingerprint density at radius 2 is 1.88 bits per heavy atom. The second-order valence-corrected chi connectivity index (χ2v) is 5.36. The molecule has 1 N–H and O–H groups in total. The summed E-state index contributed by atoms with van der Waals surface area (Å²) < 4.78 is 17.8. The zero-order chi connectivity index (χ0) is 18.1. The molecule has 0 saturated carbocycles. The van der Waals surface area contributed by atoms with Crippen LogP contribution in [0.1, 0.15) is 18.1 Å². The third-order valence-corrected chi connectivity index (χ3v) is 3.41. The number of hydrogen-bond donors (Lipinski definition) is 1. The Morgan fingerprint density at radius 3 is 2.56 bits per heavy atom. The Kier molecular flexibility index (Phi) is 6.83. The molecule has 6 heteroatoms. The first-order valence-electron chi connectivity index (χ1n) is 7.85. The highest BCUT2D eigenvalue weighted by molar-refractivity contribution is 5.90. The molecular formula is C19H19FN2O3. The summed E-state index contributed by atoms with van der Waals surface area (Å²) in [6, 6.07) is 9.40. The Bertz CT molecular complexity index is 730. The van der Waals surface area contributed by atoms with Gasteiger partial charge in [0.05, 0.1) is 0 Å². The summed E-state index contributed by atoms with van der Waals surface area (Å²) in [6.07, 6.45) is 5.84. The van der Waals surface area contributed by atoms with Gasteiger partial charge < -0.3 is 10.1 Å². The molecule has 1 heterocycles. The zero-order valence-electron chi connectivity index (χ0n) is 13.8. The van der Waals surface area contributed by atoms with Crippen molar-refractivity contribution >= 4 is 18.0 Å². The maximum atomic E-state index is 12.8. The number of benzene rings is 1. The molecule has 0 saturated heterocycles. The Labute approximate surface area is 145 Å². The van der Waals surface area contributed by atoms with Crippen LogP contribution < -0.4 is 5.32 Å². The van der Waals surface area contributed by atoms with Gasteiger partial charge in [-0.3, -0.25) is 9.78 Å². The van der Waals surface area contributed by atoms with Gasteiger partial charge >= 0.3 is 5.97 Å². The van der Waals surface area contributed by atoms with Crippen molar-refractivity contribution in [1.82, 2.24) is 10.3 Å². The number of ether oxygens (including phenoxy) is 1. The molecule has 1 aromatic carbocycles. The SMILES string of the molecule is CC(OC(=O)C=Cc1ccc(F)cc1)C(=O)NCCc1ccncc1. The molecule has 25 heavy (non-hydrogen) atoms. The van der Waals surface area contributed by atoms with Crippen molar-refractivity contribution in [3.8, 4) is 0 Å². The van der Waals surface area contributed by atoms with Crippen LogP contribution >= 0.6 is 0 Å². The van der Waals surface area contributed by atoms with Crippen molar-refractivity contribution in [1.29, 1.82) is 0 Å². The highest BCUT2D eigenvalue weighted by Crippen LogP contribution is 2.05. The largest absolute Gasteiger partial charge is 0.449 e. The fourth-order valence-electron chi connectivity index (χ4n) is 2.03. The first-order chi connectivity index (χ1) is 12.0. The number of esters is 1. The topological polar surface area (TPSA) is 68.3 Å². The van der Waals surface area contributed by atoms with Crippen molar-refractivity contribution < 1.29 is 18.7 Å². The van der Waals surface area contributed by atoms with Crippen LogP contribution in [0.5, 0.6) is 0 Å². The molecule has 0 aliphatic carbocycles. The van der Waals surface area contributed by atoms with E-state index >= 15 is 0 Å². The van der Waals surface area contributed by atoms with Gasteiger partial charge in [0.25, 0.3) is 5.91 Å². The molecule has 1 unspecified atom stereocenters. The smallest absolute Gasteiger partial charge is 0.331 e. The molecule has 1 atom stereocenters. The number of rotatable bonds is 7. The average Bonchev–Trinajstić information content (AvgIpc) is 2.62. The van der Waals surface area contributed by atoms with Gasteiger partial charge in [0.1, 0.15) is 5.82 Å². The number of nitrogens with zero attached hydrogens (tertiary/aromatic N) is 1. The number of amides is 1. The van der Waals surface area contributed by atoms with E-state index in [0.29, 0.717) is 18.5 Å². The summed E-state index contributed by atoms with van der Waals surface area (Å²) >= 11 is 0. The lowest BCUT2D eigenvalue weighted by molar-refractivity contribution is -0.150. The fourth-order valence-corrected chi connectivity index (χ4v) is 2.03. The number of hydrogen-bond acceptors (Lipinski definition) is 4. The number of carbonyl (C=O) groups is 2. The van der Waals surface area contributed by atoms with Crippen LogP contribution in [-0.4, -0.2) is 29.5 Å². The number of nitrogens with one attached hydrogen (secondary N) is 1. The molecule has 1 aromatic heterocycles. The van der Waals surface area contributed by atoms with Crippen molar-refractivity contribution in [3.05, 3.63) is 71.8 Å². The predicted octanol–water partition coefficient (Wildman–Crippen LogP) is 2.52. The summed E-state index contributed by atoms with van der Waals surface area (Å²) in [4.78, 5) is 27.6. The third kappa shape index (κ3) is 6.55. The Hall–Kier alpha value is -3.02. The highest BCUT2D eigenvalue weighted by atomic mass is 19.1. The van der Waals surface area contributed by atoms with Gasteiger partial charge in [0.15, 0.2) is 6.10 Å². The fraction of sp³-hybridized carbons (Fsp3) is 0.211. The maximum absolute atomic E-state index is 12.8. The molecular weight excluding hydrogens is 323 g/mol. The van der Waals surface area contributed by atoms with Crippen LogP contribution in [0.3, 0.4) is 0 Å². The molecule has 0 spiro atoms. The van der Waals surface area contributed by atoms with Crippen LogP contribution in [-0.2, 0) is 20.7 Å². The monoisotopic (exact) mass is 342 g/mol. The van der Waals surface area contributed by atoms with Gasteiger partial charge in [-0.05, 0) is 54.8 Å². The van der Waals surface area contributed by atoms with E-state index in [9.17, 15) is 14.0 Å².